The van der Waals surface area contributed by atoms with Gasteiger partial charge < -0.3 is 5.11 Å². The molecule has 0 saturated carbocycles. The van der Waals surface area contributed by atoms with E-state index >= 15 is 0 Å². The molecule has 19 heavy (non-hydrogen) atoms. The normalized spacial score (nSPS) is 10.6. The van der Waals surface area contributed by atoms with Crippen LogP contribution in [-0.4, -0.2) is 22.2 Å². The first kappa shape index (κ1) is 13.0. The molecule has 0 aliphatic carbocycles. The second-order valence-electron chi connectivity index (χ2n) is 3.64. The summed E-state index contributed by atoms with van der Waals surface area (Å²) >= 11 is 5.68. The molecule has 0 atom stereocenters. The lowest BCUT2D eigenvalue weighted by Gasteiger charge is -2.02. The number of phenolic OH excluding ortho intramolecular Hbond substituents is 1. The number of carbonyl (C=O) groups is 1. The predicted octanol–water partition coefficient (Wildman–Crippen LogP) is 2.20. The van der Waals surface area contributed by atoms with Gasteiger partial charge in [0.25, 0.3) is 5.91 Å². The van der Waals surface area contributed by atoms with Gasteiger partial charge in [-0.3, -0.25) is 9.78 Å². The molecule has 0 radical (unpaired) electrons. The number of halogens is 1. The van der Waals surface area contributed by atoms with Gasteiger partial charge in [-0.2, -0.15) is 5.10 Å². The van der Waals surface area contributed by atoms with Crippen molar-refractivity contribution in [1.82, 2.24) is 10.4 Å². The molecular weight excluding hydrogens is 266 g/mol. The van der Waals surface area contributed by atoms with Gasteiger partial charge in [-0.15, -0.1) is 0 Å². The van der Waals surface area contributed by atoms with E-state index in [1.54, 1.807) is 24.5 Å². The lowest BCUT2D eigenvalue weighted by Crippen LogP contribution is -2.17. The number of aromatic hydroxyl groups is 1. The third kappa shape index (κ3) is 3.53. The Morgan fingerprint density at radius 2 is 2.05 bits per heavy atom. The fraction of sp³-hybridized carbons (Fsp3) is 0. The van der Waals surface area contributed by atoms with Crippen molar-refractivity contribution in [2.75, 3.05) is 0 Å². The Labute approximate surface area is 114 Å². The molecule has 0 saturated heterocycles. The number of pyridine rings is 1. The van der Waals surface area contributed by atoms with Crippen LogP contribution in [0, 0.1) is 0 Å². The molecule has 1 aromatic carbocycles. The molecule has 2 rings (SSSR count). The maximum Gasteiger partial charge on any atom is 0.275 e. The molecule has 96 valence electrons. The summed E-state index contributed by atoms with van der Waals surface area (Å²) in [5, 5.41) is 13.7. The molecule has 0 unspecified atom stereocenters. The van der Waals surface area contributed by atoms with Gasteiger partial charge in [0.2, 0.25) is 0 Å². The van der Waals surface area contributed by atoms with Crippen LogP contribution in [-0.2, 0) is 0 Å². The van der Waals surface area contributed by atoms with E-state index in [4.69, 9.17) is 11.6 Å². The summed E-state index contributed by atoms with van der Waals surface area (Å²) in [4.78, 5) is 15.6. The molecule has 2 N–H and O–H groups in total. The van der Waals surface area contributed by atoms with Crippen LogP contribution < -0.4 is 5.43 Å². The molecule has 2 aromatic rings. The Balaban J connectivity index is 2.04. The van der Waals surface area contributed by atoms with E-state index in [0.29, 0.717) is 5.02 Å². The third-order valence-electron chi connectivity index (χ3n) is 2.29. The zero-order valence-electron chi connectivity index (χ0n) is 9.75. The summed E-state index contributed by atoms with van der Waals surface area (Å²) in [6.45, 7) is 0. The number of benzene rings is 1. The van der Waals surface area contributed by atoms with Crippen molar-refractivity contribution in [3.8, 4) is 5.75 Å². The van der Waals surface area contributed by atoms with Gasteiger partial charge in [-0.25, -0.2) is 5.43 Å². The van der Waals surface area contributed by atoms with Crippen LogP contribution >= 0.6 is 11.6 Å². The number of carbonyl (C=O) groups excluding carboxylic acids is 1. The Morgan fingerprint density at radius 3 is 2.74 bits per heavy atom. The fourth-order valence-corrected chi connectivity index (χ4v) is 1.54. The molecule has 6 heteroatoms. The van der Waals surface area contributed by atoms with E-state index < -0.39 is 5.91 Å². The average Bonchev–Trinajstić information content (AvgIpc) is 2.39. The molecule has 0 aliphatic heterocycles. The van der Waals surface area contributed by atoms with Gasteiger partial charge in [0, 0.05) is 17.4 Å². The minimum absolute atomic E-state index is 0.108. The zero-order chi connectivity index (χ0) is 13.7. The smallest absolute Gasteiger partial charge is 0.275 e. The van der Waals surface area contributed by atoms with Crippen LogP contribution in [0.5, 0.6) is 5.75 Å². The quantitative estimate of drug-likeness (QED) is 0.666. The van der Waals surface area contributed by atoms with Gasteiger partial charge in [-0.05, 0) is 35.9 Å². The van der Waals surface area contributed by atoms with Gasteiger partial charge in [0.15, 0.2) is 0 Å². The fourth-order valence-electron chi connectivity index (χ4n) is 1.37. The van der Waals surface area contributed by atoms with E-state index in [1.807, 2.05) is 0 Å². The minimum Gasteiger partial charge on any atom is -0.507 e. The number of aromatic nitrogens is 1. The highest BCUT2D eigenvalue weighted by atomic mass is 35.5. The largest absolute Gasteiger partial charge is 0.507 e. The first-order chi connectivity index (χ1) is 9.16. The van der Waals surface area contributed by atoms with Crippen molar-refractivity contribution in [3.05, 3.63) is 58.9 Å². The second kappa shape index (κ2) is 5.97. The Morgan fingerprint density at radius 1 is 1.32 bits per heavy atom. The summed E-state index contributed by atoms with van der Waals surface area (Å²) in [5.41, 5.74) is 3.22. The van der Waals surface area contributed by atoms with Crippen LogP contribution in [0.2, 0.25) is 5.02 Å². The lowest BCUT2D eigenvalue weighted by molar-refractivity contribution is 0.0952. The van der Waals surface area contributed by atoms with Crippen LogP contribution in [0.3, 0.4) is 0 Å². The van der Waals surface area contributed by atoms with Gasteiger partial charge in [0.1, 0.15) is 5.75 Å². The maximum absolute atomic E-state index is 11.7. The van der Waals surface area contributed by atoms with Crippen molar-refractivity contribution in [1.29, 1.82) is 0 Å². The van der Waals surface area contributed by atoms with E-state index in [0.717, 1.165) is 5.56 Å². The number of amides is 1. The average molecular weight is 276 g/mol. The van der Waals surface area contributed by atoms with E-state index in [-0.39, 0.29) is 11.3 Å². The number of nitrogens with zero attached hydrogens (tertiary/aromatic N) is 2. The SMILES string of the molecule is O=C(NN=Cc1ccncc1)c1ccc(Cl)cc1O. The molecule has 0 spiro atoms. The van der Waals surface area contributed by atoms with Crippen LogP contribution in [0.1, 0.15) is 15.9 Å². The lowest BCUT2D eigenvalue weighted by atomic mass is 10.2. The van der Waals surface area contributed by atoms with Crippen LogP contribution in [0.4, 0.5) is 0 Å². The number of hydrazone groups is 1. The summed E-state index contributed by atoms with van der Waals surface area (Å²) in [6, 6.07) is 7.73. The van der Waals surface area contributed by atoms with Crippen LogP contribution in [0.15, 0.2) is 47.8 Å². The molecule has 1 aromatic heterocycles. The number of hydrogen-bond acceptors (Lipinski definition) is 4. The van der Waals surface area contributed by atoms with Crippen LogP contribution in [0.25, 0.3) is 0 Å². The highest BCUT2D eigenvalue weighted by Gasteiger charge is 2.10. The minimum atomic E-state index is -0.514. The number of phenols is 1. The Kier molecular flexibility index (Phi) is 4.10. The standard InChI is InChI=1S/C13H10ClN3O2/c14-10-1-2-11(12(18)7-10)13(19)17-16-8-9-3-5-15-6-4-9/h1-8,18H,(H,17,19). The van der Waals surface area contributed by atoms with Crippen molar-refractivity contribution < 1.29 is 9.90 Å². The second-order valence-corrected chi connectivity index (χ2v) is 4.08. The Bertz CT molecular complexity index is 615. The van der Waals surface area contributed by atoms with Crippen molar-refractivity contribution in [2.24, 2.45) is 5.10 Å². The zero-order valence-corrected chi connectivity index (χ0v) is 10.5. The third-order valence-corrected chi connectivity index (χ3v) is 2.53. The molecule has 0 bridgehead atoms. The topological polar surface area (TPSA) is 74.6 Å². The van der Waals surface area contributed by atoms with E-state index in [1.165, 1.54) is 24.4 Å². The highest BCUT2D eigenvalue weighted by Crippen LogP contribution is 2.21. The van der Waals surface area contributed by atoms with E-state index in [9.17, 15) is 9.90 Å². The summed E-state index contributed by atoms with van der Waals surface area (Å²) < 4.78 is 0. The molecule has 1 heterocycles. The summed E-state index contributed by atoms with van der Waals surface area (Å²) in [7, 11) is 0. The predicted molar refractivity (Wildman–Crippen MR) is 72.4 cm³/mol. The van der Waals surface area contributed by atoms with E-state index in [2.05, 4.69) is 15.5 Å². The number of rotatable bonds is 3. The van der Waals surface area contributed by atoms with Gasteiger partial charge in [-0.1, -0.05) is 11.6 Å². The number of hydrogen-bond donors (Lipinski definition) is 2. The maximum atomic E-state index is 11.7. The monoisotopic (exact) mass is 275 g/mol. The van der Waals surface area contributed by atoms with Crippen molar-refractivity contribution in [3.63, 3.8) is 0 Å². The molecule has 1 amide bonds. The molecular formula is C13H10ClN3O2. The number of nitrogens with one attached hydrogen (secondary N) is 1. The molecule has 5 nitrogen and oxygen atoms in total. The Hall–Kier alpha value is -2.40. The first-order valence-electron chi connectivity index (χ1n) is 5.39. The molecule has 0 fully saturated rings. The molecule has 0 aliphatic rings. The van der Waals surface area contributed by atoms with Gasteiger partial charge >= 0.3 is 0 Å². The van der Waals surface area contributed by atoms with Gasteiger partial charge in [0.05, 0.1) is 11.8 Å². The first-order valence-corrected chi connectivity index (χ1v) is 5.76. The van der Waals surface area contributed by atoms with Crippen molar-refractivity contribution in [2.45, 2.75) is 0 Å². The summed E-state index contributed by atoms with van der Waals surface area (Å²) in [5.74, 6) is -0.705. The summed E-state index contributed by atoms with van der Waals surface area (Å²) in [6.07, 6.45) is 4.72. The highest BCUT2D eigenvalue weighted by molar-refractivity contribution is 6.30. The van der Waals surface area contributed by atoms with Crippen molar-refractivity contribution >= 4 is 23.7 Å².